The first kappa shape index (κ1) is 24.3. The van der Waals surface area contributed by atoms with Gasteiger partial charge in [-0.15, -0.1) is 0 Å². The Morgan fingerprint density at radius 1 is 0.311 bits per heavy atom. The summed E-state index contributed by atoms with van der Waals surface area (Å²) in [5, 5.41) is 7.39. The van der Waals surface area contributed by atoms with E-state index in [4.69, 9.17) is 4.98 Å². The molecule has 0 saturated heterocycles. The molecule has 0 fully saturated rings. The van der Waals surface area contributed by atoms with Gasteiger partial charge in [0, 0.05) is 55.6 Å². The van der Waals surface area contributed by atoms with E-state index in [2.05, 4.69) is 159 Å². The van der Waals surface area contributed by atoms with Crippen LogP contribution in [0.25, 0.3) is 82.6 Å². The molecule has 0 aliphatic rings. The fraction of sp³-hybridized carbons (Fsp3) is 0. The average molecular weight is 575 g/mol. The molecule has 4 nitrogen and oxygen atoms in total. The predicted octanol–water partition coefficient (Wildman–Crippen LogP) is 10.4. The van der Waals surface area contributed by atoms with Gasteiger partial charge in [0.25, 0.3) is 0 Å². The molecule has 0 radical (unpaired) electrons. The summed E-state index contributed by atoms with van der Waals surface area (Å²) >= 11 is 0. The van der Waals surface area contributed by atoms with Gasteiger partial charge in [-0.1, -0.05) is 72.8 Å². The number of aromatic nitrogens is 4. The van der Waals surface area contributed by atoms with E-state index in [9.17, 15) is 0 Å². The molecular formula is C41H26N4. The van der Waals surface area contributed by atoms with E-state index in [1.165, 1.54) is 49.0 Å². The lowest BCUT2D eigenvalue weighted by molar-refractivity contribution is 1.12. The Morgan fingerprint density at radius 2 is 0.711 bits per heavy atom. The van der Waals surface area contributed by atoms with Crippen molar-refractivity contribution in [1.82, 2.24) is 18.7 Å². The fourth-order valence-electron chi connectivity index (χ4n) is 7.39. The minimum atomic E-state index is 0.955. The largest absolute Gasteiger partial charge is 0.309 e. The van der Waals surface area contributed by atoms with E-state index in [0.717, 1.165) is 33.6 Å². The number of hydrogen-bond donors (Lipinski definition) is 0. The van der Waals surface area contributed by atoms with Gasteiger partial charge in [0.15, 0.2) is 0 Å². The fourth-order valence-corrected chi connectivity index (χ4v) is 7.39. The molecule has 0 spiro atoms. The lowest BCUT2D eigenvalue weighted by Gasteiger charge is -2.12. The zero-order valence-electron chi connectivity index (χ0n) is 24.3. The molecule has 210 valence electrons. The van der Waals surface area contributed by atoms with E-state index in [-0.39, 0.29) is 0 Å². The lowest BCUT2D eigenvalue weighted by Crippen LogP contribution is -1.98. The monoisotopic (exact) mass is 574 g/mol. The van der Waals surface area contributed by atoms with Crippen LogP contribution in [-0.2, 0) is 0 Å². The van der Waals surface area contributed by atoms with Gasteiger partial charge in [0.2, 0.25) is 0 Å². The van der Waals surface area contributed by atoms with Gasteiger partial charge in [-0.05, 0) is 78.9 Å². The van der Waals surface area contributed by atoms with Crippen LogP contribution in [0.3, 0.4) is 0 Å². The van der Waals surface area contributed by atoms with Crippen molar-refractivity contribution in [3.05, 3.63) is 158 Å². The molecule has 0 unspecified atom stereocenters. The predicted molar refractivity (Wildman–Crippen MR) is 187 cm³/mol. The summed E-state index contributed by atoms with van der Waals surface area (Å²) in [5.41, 5.74) is 10.3. The van der Waals surface area contributed by atoms with Crippen LogP contribution in [0, 0.1) is 0 Å². The maximum atomic E-state index is 4.89. The number of rotatable bonds is 3. The van der Waals surface area contributed by atoms with Gasteiger partial charge in [-0.3, -0.25) is 4.57 Å². The highest BCUT2D eigenvalue weighted by atomic mass is 15.1. The van der Waals surface area contributed by atoms with Crippen LogP contribution in [0.2, 0.25) is 0 Å². The highest BCUT2D eigenvalue weighted by Gasteiger charge is 2.17. The number of hydrogen-bond acceptors (Lipinski definition) is 1. The minimum absolute atomic E-state index is 0.955. The molecule has 0 bridgehead atoms. The van der Waals surface area contributed by atoms with E-state index in [1.807, 2.05) is 12.3 Å². The Kier molecular flexibility index (Phi) is 4.96. The van der Waals surface area contributed by atoms with E-state index in [0.29, 0.717) is 0 Å². The lowest BCUT2D eigenvalue weighted by atomic mass is 10.1. The van der Waals surface area contributed by atoms with Crippen LogP contribution in [0.5, 0.6) is 0 Å². The molecule has 45 heavy (non-hydrogen) atoms. The third kappa shape index (κ3) is 3.39. The molecule has 0 amide bonds. The second-order valence-corrected chi connectivity index (χ2v) is 11.7. The molecular weight excluding hydrogens is 548 g/mol. The normalized spacial score (nSPS) is 12.0. The van der Waals surface area contributed by atoms with Crippen LogP contribution in [0.15, 0.2) is 158 Å². The van der Waals surface area contributed by atoms with Gasteiger partial charge >= 0.3 is 0 Å². The van der Waals surface area contributed by atoms with E-state index in [1.54, 1.807) is 0 Å². The first-order valence-electron chi connectivity index (χ1n) is 15.3. The first-order chi connectivity index (χ1) is 22.3. The number of fused-ring (bicyclic) bond motifs is 9. The van der Waals surface area contributed by atoms with Gasteiger partial charge in [0.1, 0.15) is 5.65 Å². The number of nitrogens with zero attached hydrogens (tertiary/aromatic N) is 4. The summed E-state index contributed by atoms with van der Waals surface area (Å²) in [7, 11) is 0. The van der Waals surface area contributed by atoms with Crippen LogP contribution in [-0.4, -0.2) is 18.7 Å². The molecule has 0 aliphatic carbocycles. The van der Waals surface area contributed by atoms with Gasteiger partial charge < -0.3 is 9.13 Å². The Morgan fingerprint density at radius 3 is 1.24 bits per heavy atom. The average Bonchev–Trinajstić information content (AvgIpc) is 3.74. The minimum Gasteiger partial charge on any atom is -0.309 e. The topological polar surface area (TPSA) is 27.7 Å². The number of benzene rings is 6. The van der Waals surface area contributed by atoms with Crippen molar-refractivity contribution in [2.45, 2.75) is 0 Å². The summed E-state index contributed by atoms with van der Waals surface area (Å²) in [4.78, 5) is 4.89. The molecule has 0 atom stereocenters. The molecule has 6 aromatic carbocycles. The Labute approximate surface area is 258 Å². The van der Waals surface area contributed by atoms with Crippen molar-refractivity contribution < 1.29 is 0 Å². The quantitative estimate of drug-likeness (QED) is 0.206. The van der Waals surface area contributed by atoms with Gasteiger partial charge in [-0.25, -0.2) is 4.98 Å². The molecule has 4 aromatic heterocycles. The van der Waals surface area contributed by atoms with Crippen molar-refractivity contribution in [2.75, 3.05) is 0 Å². The summed E-state index contributed by atoms with van der Waals surface area (Å²) in [6.45, 7) is 0. The van der Waals surface area contributed by atoms with Crippen LogP contribution in [0.1, 0.15) is 0 Å². The molecule has 4 heteroatoms. The molecule has 10 aromatic rings. The summed E-state index contributed by atoms with van der Waals surface area (Å²) < 4.78 is 7.02. The molecule has 0 N–H and O–H groups in total. The van der Waals surface area contributed by atoms with Crippen molar-refractivity contribution in [3.63, 3.8) is 0 Å². The standard InChI is InChI=1S/C41H26N4/c1-5-15-36-30(10-1)31-11-2-6-16-37(31)43(36)27-19-21-28(22-20-27)45-40-24-23-29(26-35(40)34-14-9-25-42-41(34)45)44-38-17-7-3-12-32(38)33-13-4-8-18-39(33)44/h1-26H. The second-order valence-electron chi connectivity index (χ2n) is 11.7. The maximum absolute atomic E-state index is 4.89. The van der Waals surface area contributed by atoms with Crippen molar-refractivity contribution in [1.29, 1.82) is 0 Å². The maximum Gasteiger partial charge on any atom is 0.145 e. The zero-order chi connectivity index (χ0) is 29.5. The zero-order valence-corrected chi connectivity index (χ0v) is 24.3. The second kappa shape index (κ2) is 9.18. The Hall–Kier alpha value is -6.13. The van der Waals surface area contributed by atoms with Gasteiger partial charge in [-0.2, -0.15) is 0 Å². The van der Waals surface area contributed by atoms with Gasteiger partial charge in [0.05, 0.1) is 27.6 Å². The third-order valence-corrected chi connectivity index (χ3v) is 9.29. The molecule has 4 heterocycles. The van der Waals surface area contributed by atoms with Crippen molar-refractivity contribution in [3.8, 4) is 17.1 Å². The summed E-state index contributed by atoms with van der Waals surface area (Å²) in [5.74, 6) is 0. The number of para-hydroxylation sites is 4. The highest BCUT2D eigenvalue weighted by Crippen LogP contribution is 2.37. The SMILES string of the molecule is c1ccc2c(c1)c1ccccc1n2-c1ccc(-n2c3ccc(-n4c5ccccc5c5ccccc54)cc3c3cccnc32)cc1. The van der Waals surface area contributed by atoms with Crippen LogP contribution >= 0.6 is 0 Å². The number of pyridine rings is 1. The third-order valence-electron chi connectivity index (χ3n) is 9.29. The molecule has 0 saturated carbocycles. The first-order valence-corrected chi connectivity index (χ1v) is 15.3. The van der Waals surface area contributed by atoms with E-state index >= 15 is 0 Å². The Bertz CT molecular complexity index is 2650. The van der Waals surface area contributed by atoms with Crippen molar-refractivity contribution >= 4 is 65.5 Å². The molecule has 0 aliphatic heterocycles. The van der Waals surface area contributed by atoms with E-state index < -0.39 is 0 Å². The smallest absolute Gasteiger partial charge is 0.145 e. The molecule has 10 rings (SSSR count). The summed E-state index contributed by atoms with van der Waals surface area (Å²) in [6, 6.07) is 54.5. The Balaban J connectivity index is 1.17. The van der Waals surface area contributed by atoms with Crippen LogP contribution in [0.4, 0.5) is 0 Å². The van der Waals surface area contributed by atoms with Crippen LogP contribution < -0.4 is 0 Å². The highest BCUT2D eigenvalue weighted by molar-refractivity contribution is 6.12. The van der Waals surface area contributed by atoms with Crippen molar-refractivity contribution in [2.24, 2.45) is 0 Å². The summed E-state index contributed by atoms with van der Waals surface area (Å²) in [6.07, 6.45) is 1.89.